The van der Waals surface area contributed by atoms with Gasteiger partial charge in [0.25, 0.3) is 5.91 Å². The van der Waals surface area contributed by atoms with Crippen molar-refractivity contribution in [2.45, 2.75) is 20.5 Å². The Kier molecular flexibility index (Phi) is 8.28. The maximum absolute atomic E-state index is 14.0. The van der Waals surface area contributed by atoms with Gasteiger partial charge >= 0.3 is 0 Å². The van der Waals surface area contributed by atoms with Crippen molar-refractivity contribution in [2.75, 3.05) is 20.3 Å². The molecule has 186 valence electrons. The standard InChI is InChI=1S/C28H27FN2O4S/c1-4-31-27(32)26(36-28(31)30-21-11-13-22(33-3)14-12-21)17-19-10-15-24(25(16-19)34-5-2)35-18-20-8-6-7-9-23(20)29/h6-17H,4-5,18H2,1-3H3/b26-17+,30-28?. The summed E-state index contributed by atoms with van der Waals surface area (Å²) in [6.07, 6.45) is 1.81. The first-order chi connectivity index (χ1) is 17.5. The number of hydrogen-bond donors (Lipinski definition) is 0. The van der Waals surface area contributed by atoms with Crippen LogP contribution in [0.3, 0.4) is 0 Å². The number of halogens is 1. The highest BCUT2D eigenvalue weighted by Gasteiger charge is 2.32. The number of nitrogens with zero attached hydrogens (tertiary/aromatic N) is 2. The van der Waals surface area contributed by atoms with Gasteiger partial charge in [-0.1, -0.05) is 24.3 Å². The van der Waals surface area contributed by atoms with Crippen molar-refractivity contribution < 1.29 is 23.4 Å². The maximum atomic E-state index is 14.0. The first-order valence-electron chi connectivity index (χ1n) is 11.6. The van der Waals surface area contributed by atoms with E-state index in [0.717, 1.165) is 17.0 Å². The molecule has 0 bridgehead atoms. The van der Waals surface area contributed by atoms with Crippen LogP contribution in [0.25, 0.3) is 6.08 Å². The minimum Gasteiger partial charge on any atom is -0.497 e. The molecule has 0 atom stereocenters. The summed E-state index contributed by atoms with van der Waals surface area (Å²) in [6.45, 7) is 4.82. The van der Waals surface area contributed by atoms with Crippen LogP contribution in [0, 0.1) is 5.82 Å². The van der Waals surface area contributed by atoms with Crippen molar-refractivity contribution in [3.8, 4) is 17.2 Å². The van der Waals surface area contributed by atoms with Gasteiger partial charge in [0, 0.05) is 12.1 Å². The molecule has 1 fully saturated rings. The number of thioether (sulfide) groups is 1. The van der Waals surface area contributed by atoms with Gasteiger partial charge < -0.3 is 14.2 Å². The number of carbonyl (C=O) groups is 1. The van der Waals surface area contributed by atoms with E-state index in [1.54, 1.807) is 36.3 Å². The van der Waals surface area contributed by atoms with Crippen LogP contribution in [0.4, 0.5) is 10.1 Å². The zero-order chi connectivity index (χ0) is 25.5. The van der Waals surface area contributed by atoms with Gasteiger partial charge in [-0.25, -0.2) is 9.38 Å². The molecule has 1 aliphatic heterocycles. The third-order valence-electron chi connectivity index (χ3n) is 5.41. The second kappa shape index (κ2) is 11.8. The number of benzene rings is 3. The number of aliphatic imine (C=N–C) groups is 1. The lowest BCUT2D eigenvalue weighted by molar-refractivity contribution is -0.122. The van der Waals surface area contributed by atoms with Crippen molar-refractivity contribution in [1.82, 2.24) is 4.90 Å². The maximum Gasteiger partial charge on any atom is 0.266 e. The number of amidine groups is 1. The summed E-state index contributed by atoms with van der Waals surface area (Å²) < 4.78 is 30.8. The summed E-state index contributed by atoms with van der Waals surface area (Å²) in [5.74, 6) is 1.35. The van der Waals surface area contributed by atoms with Gasteiger partial charge in [0.15, 0.2) is 16.7 Å². The molecule has 1 heterocycles. The fraction of sp³-hybridized carbons (Fsp3) is 0.214. The van der Waals surface area contributed by atoms with E-state index in [-0.39, 0.29) is 18.3 Å². The van der Waals surface area contributed by atoms with E-state index in [1.807, 2.05) is 56.3 Å². The van der Waals surface area contributed by atoms with Crippen molar-refractivity contribution in [3.63, 3.8) is 0 Å². The molecular formula is C28H27FN2O4S. The third-order valence-corrected chi connectivity index (χ3v) is 6.41. The minimum absolute atomic E-state index is 0.0815. The Labute approximate surface area is 214 Å². The van der Waals surface area contributed by atoms with Crippen LogP contribution in [0.5, 0.6) is 17.2 Å². The average Bonchev–Trinajstić information content (AvgIpc) is 3.18. The molecule has 1 saturated heterocycles. The number of methoxy groups -OCH3 is 1. The molecule has 0 spiro atoms. The quantitative estimate of drug-likeness (QED) is 0.313. The van der Waals surface area contributed by atoms with Crippen LogP contribution in [-0.4, -0.2) is 36.2 Å². The van der Waals surface area contributed by atoms with E-state index in [9.17, 15) is 9.18 Å². The Morgan fingerprint density at radius 3 is 2.47 bits per heavy atom. The molecule has 3 aromatic rings. The molecule has 0 saturated carbocycles. The number of likely N-dealkylation sites (N-methyl/N-ethyl adjacent to an activating group) is 1. The van der Waals surface area contributed by atoms with Gasteiger partial charge in [-0.2, -0.15) is 0 Å². The highest BCUT2D eigenvalue weighted by atomic mass is 32.2. The first-order valence-corrected chi connectivity index (χ1v) is 12.4. The number of rotatable bonds is 9. The Balaban J connectivity index is 1.56. The van der Waals surface area contributed by atoms with E-state index < -0.39 is 0 Å². The fourth-order valence-corrected chi connectivity index (χ4v) is 4.62. The zero-order valence-electron chi connectivity index (χ0n) is 20.4. The van der Waals surface area contributed by atoms with Crippen LogP contribution < -0.4 is 14.2 Å². The Morgan fingerprint density at radius 1 is 1.00 bits per heavy atom. The molecule has 4 rings (SSSR count). The van der Waals surface area contributed by atoms with Crippen LogP contribution in [-0.2, 0) is 11.4 Å². The third kappa shape index (κ3) is 5.88. The summed E-state index contributed by atoms with van der Waals surface area (Å²) in [4.78, 5) is 19.9. The van der Waals surface area contributed by atoms with E-state index in [4.69, 9.17) is 14.2 Å². The molecule has 8 heteroatoms. The second-order valence-corrected chi connectivity index (χ2v) is 8.78. The lowest BCUT2D eigenvalue weighted by atomic mass is 10.1. The average molecular weight is 507 g/mol. The van der Waals surface area contributed by atoms with E-state index >= 15 is 0 Å². The van der Waals surface area contributed by atoms with Crippen LogP contribution in [0.15, 0.2) is 76.6 Å². The number of hydrogen-bond acceptors (Lipinski definition) is 6. The predicted molar refractivity (Wildman–Crippen MR) is 141 cm³/mol. The highest BCUT2D eigenvalue weighted by molar-refractivity contribution is 8.18. The molecule has 0 aliphatic carbocycles. The molecule has 0 N–H and O–H groups in total. The lowest BCUT2D eigenvalue weighted by Gasteiger charge is -2.13. The van der Waals surface area contributed by atoms with Gasteiger partial charge in [-0.3, -0.25) is 9.69 Å². The largest absolute Gasteiger partial charge is 0.497 e. The molecule has 6 nitrogen and oxygen atoms in total. The first kappa shape index (κ1) is 25.3. The van der Waals surface area contributed by atoms with Gasteiger partial charge in [0.05, 0.1) is 24.3 Å². The summed E-state index contributed by atoms with van der Waals surface area (Å²) in [5.41, 5.74) is 1.98. The lowest BCUT2D eigenvalue weighted by Crippen LogP contribution is -2.28. The zero-order valence-corrected chi connectivity index (χ0v) is 21.2. The van der Waals surface area contributed by atoms with Crippen LogP contribution >= 0.6 is 11.8 Å². The smallest absolute Gasteiger partial charge is 0.266 e. The van der Waals surface area contributed by atoms with Gasteiger partial charge in [0.2, 0.25) is 0 Å². The number of amides is 1. The van der Waals surface area contributed by atoms with E-state index in [2.05, 4.69) is 4.99 Å². The molecule has 36 heavy (non-hydrogen) atoms. The molecule has 0 unspecified atom stereocenters. The minimum atomic E-state index is -0.318. The van der Waals surface area contributed by atoms with Gasteiger partial charge in [-0.15, -0.1) is 0 Å². The number of ether oxygens (including phenoxy) is 3. The summed E-state index contributed by atoms with van der Waals surface area (Å²) in [5, 5.41) is 0.619. The summed E-state index contributed by atoms with van der Waals surface area (Å²) >= 11 is 1.33. The van der Waals surface area contributed by atoms with Crippen molar-refractivity contribution in [1.29, 1.82) is 0 Å². The van der Waals surface area contributed by atoms with Crippen molar-refractivity contribution in [2.24, 2.45) is 4.99 Å². The Morgan fingerprint density at radius 2 is 1.78 bits per heavy atom. The topological polar surface area (TPSA) is 60.4 Å². The molecule has 0 radical (unpaired) electrons. The number of carbonyl (C=O) groups excluding carboxylic acids is 1. The van der Waals surface area contributed by atoms with E-state index in [0.29, 0.717) is 40.3 Å². The van der Waals surface area contributed by atoms with Gasteiger partial charge in [-0.05, 0) is 79.7 Å². The Hall–Kier alpha value is -3.78. The van der Waals surface area contributed by atoms with Crippen LogP contribution in [0.1, 0.15) is 25.0 Å². The van der Waals surface area contributed by atoms with E-state index in [1.165, 1.54) is 17.8 Å². The predicted octanol–water partition coefficient (Wildman–Crippen LogP) is 6.44. The van der Waals surface area contributed by atoms with Crippen molar-refractivity contribution in [3.05, 3.63) is 88.6 Å². The molecule has 3 aromatic carbocycles. The summed E-state index contributed by atoms with van der Waals surface area (Å²) in [6, 6.07) is 19.3. The second-order valence-electron chi connectivity index (χ2n) is 7.77. The fourth-order valence-electron chi connectivity index (χ4n) is 3.56. The highest BCUT2D eigenvalue weighted by Crippen LogP contribution is 2.36. The van der Waals surface area contributed by atoms with Gasteiger partial charge in [0.1, 0.15) is 18.2 Å². The molecular weight excluding hydrogens is 479 g/mol. The molecule has 1 amide bonds. The molecule has 0 aromatic heterocycles. The summed E-state index contributed by atoms with van der Waals surface area (Å²) in [7, 11) is 1.61. The van der Waals surface area contributed by atoms with Crippen LogP contribution in [0.2, 0.25) is 0 Å². The Bertz CT molecular complexity index is 1290. The molecule has 1 aliphatic rings. The monoisotopic (exact) mass is 506 g/mol. The normalized spacial score (nSPS) is 15.6. The SMILES string of the molecule is CCOc1cc(/C=C2/SC(=Nc3ccc(OC)cc3)N(CC)C2=O)ccc1OCc1ccccc1F. The van der Waals surface area contributed by atoms with Crippen molar-refractivity contribution >= 4 is 34.6 Å².